The quantitative estimate of drug-likeness (QED) is 0.602. The van der Waals surface area contributed by atoms with Gasteiger partial charge in [0.15, 0.2) is 11.2 Å². The van der Waals surface area contributed by atoms with Gasteiger partial charge in [-0.3, -0.25) is 4.68 Å². The van der Waals surface area contributed by atoms with Crippen LogP contribution in [0.25, 0.3) is 16.9 Å². The van der Waals surface area contributed by atoms with Crippen LogP contribution in [-0.4, -0.2) is 34.7 Å². The normalized spacial score (nSPS) is 11.2. The fourth-order valence-electron chi connectivity index (χ4n) is 2.35. The molecule has 4 rings (SSSR count). The molecule has 0 fully saturated rings. The number of hydrogen-bond donors (Lipinski definition) is 1. The van der Waals surface area contributed by atoms with Gasteiger partial charge in [-0.1, -0.05) is 16.8 Å². The lowest BCUT2D eigenvalue weighted by Crippen LogP contribution is -2.05. The Hall–Kier alpha value is -3.07. The predicted octanol–water partition coefficient (Wildman–Crippen LogP) is 2.35. The van der Waals surface area contributed by atoms with E-state index in [0.29, 0.717) is 29.3 Å². The first kappa shape index (κ1) is 15.5. The van der Waals surface area contributed by atoms with Crippen molar-refractivity contribution in [3.8, 4) is 5.69 Å². The minimum Gasteiger partial charge on any atom is -0.350 e. The number of rotatable bonds is 4. The Morgan fingerprint density at radius 3 is 2.92 bits per heavy atom. The van der Waals surface area contributed by atoms with Gasteiger partial charge in [0, 0.05) is 31.4 Å². The molecule has 3 aromatic heterocycles. The zero-order valence-corrected chi connectivity index (χ0v) is 13.8. The fourth-order valence-corrected chi connectivity index (χ4v) is 2.47. The average Bonchev–Trinajstić information content (AvgIpc) is 3.21. The van der Waals surface area contributed by atoms with E-state index in [1.807, 2.05) is 13.2 Å². The standard InChI is InChI=1S/C15H12ClFN8/c1-24-8-9(6-20-24)5-18-15-19-7-13-14(21-15)25(23-22-13)10-2-3-11(16)12(17)4-10/h2-4,6-8H,5H2,1H3,(H,18,19,21). The van der Waals surface area contributed by atoms with E-state index in [1.54, 1.807) is 23.1 Å². The Bertz CT molecular complexity index is 1060. The molecule has 1 aromatic carbocycles. The van der Waals surface area contributed by atoms with Crippen molar-refractivity contribution in [3.63, 3.8) is 0 Å². The molecule has 0 aliphatic rings. The molecule has 0 saturated carbocycles. The maximum atomic E-state index is 13.7. The second kappa shape index (κ2) is 6.10. The van der Waals surface area contributed by atoms with E-state index in [0.717, 1.165) is 5.56 Å². The number of halogens is 2. The number of fused-ring (bicyclic) bond motifs is 1. The maximum Gasteiger partial charge on any atom is 0.225 e. The van der Waals surface area contributed by atoms with Gasteiger partial charge in [0.25, 0.3) is 0 Å². The van der Waals surface area contributed by atoms with Gasteiger partial charge >= 0.3 is 0 Å². The Kier molecular flexibility index (Phi) is 3.77. The molecule has 0 aliphatic carbocycles. The van der Waals surface area contributed by atoms with E-state index in [4.69, 9.17) is 11.6 Å². The largest absolute Gasteiger partial charge is 0.350 e. The lowest BCUT2D eigenvalue weighted by atomic mass is 10.3. The van der Waals surface area contributed by atoms with Crippen LogP contribution in [0.4, 0.5) is 10.3 Å². The number of anilines is 1. The predicted molar refractivity (Wildman–Crippen MR) is 90.0 cm³/mol. The third-order valence-electron chi connectivity index (χ3n) is 3.55. The maximum absolute atomic E-state index is 13.7. The molecule has 0 atom stereocenters. The van der Waals surface area contributed by atoms with Crippen molar-refractivity contribution in [2.24, 2.45) is 7.05 Å². The number of nitrogens with one attached hydrogen (secondary N) is 1. The van der Waals surface area contributed by atoms with Crippen molar-refractivity contribution in [1.29, 1.82) is 0 Å². The number of aryl methyl sites for hydroxylation is 1. The highest BCUT2D eigenvalue weighted by Crippen LogP contribution is 2.20. The summed E-state index contributed by atoms with van der Waals surface area (Å²) in [5.41, 5.74) is 2.44. The van der Waals surface area contributed by atoms with Crippen LogP contribution in [0, 0.1) is 5.82 Å². The van der Waals surface area contributed by atoms with Crippen LogP contribution in [0.5, 0.6) is 0 Å². The Balaban J connectivity index is 1.66. The molecule has 0 radical (unpaired) electrons. The third kappa shape index (κ3) is 3.01. The van der Waals surface area contributed by atoms with Crippen LogP contribution in [0.1, 0.15) is 5.56 Å². The summed E-state index contributed by atoms with van der Waals surface area (Å²) < 4.78 is 16.9. The van der Waals surface area contributed by atoms with Crippen molar-refractivity contribution in [2.45, 2.75) is 6.54 Å². The summed E-state index contributed by atoms with van der Waals surface area (Å²) in [6.45, 7) is 0.524. The Morgan fingerprint density at radius 2 is 2.16 bits per heavy atom. The van der Waals surface area contributed by atoms with E-state index >= 15 is 0 Å². The number of aromatic nitrogens is 7. The summed E-state index contributed by atoms with van der Waals surface area (Å²) in [7, 11) is 1.85. The van der Waals surface area contributed by atoms with Gasteiger partial charge in [0.1, 0.15) is 5.82 Å². The highest BCUT2D eigenvalue weighted by atomic mass is 35.5. The molecule has 126 valence electrons. The SMILES string of the molecule is Cn1cc(CNc2ncc3nnn(-c4ccc(Cl)c(F)c4)c3n2)cn1. The first-order valence-electron chi connectivity index (χ1n) is 7.35. The topological polar surface area (TPSA) is 86.3 Å². The third-order valence-corrected chi connectivity index (χ3v) is 3.86. The van der Waals surface area contributed by atoms with Gasteiger partial charge in [0.05, 0.1) is 23.1 Å². The van der Waals surface area contributed by atoms with E-state index < -0.39 is 5.82 Å². The molecule has 1 N–H and O–H groups in total. The lowest BCUT2D eigenvalue weighted by Gasteiger charge is -2.05. The summed E-state index contributed by atoms with van der Waals surface area (Å²) in [6.07, 6.45) is 5.21. The van der Waals surface area contributed by atoms with E-state index in [1.165, 1.54) is 16.8 Å². The van der Waals surface area contributed by atoms with E-state index in [-0.39, 0.29) is 5.02 Å². The van der Waals surface area contributed by atoms with Crippen LogP contribution in [0.2, 0.25) is 5.02 Å². The molecule has 10 heteroatoms. The van der Waals surface area contributed by atoms with E-state index in [2.05, 4.69) is 30.7 Å². The van der Waals surface area contributed by atoms with Crippen LogP contribution in [0.15, 0.2) is 36.8 Å². The minimum atomic E-state index is -0.535. The van der Waals surface area contributed by atoms with Gasteiger partial charge in [-0.15, -0.1) is 5.10 Å². The summed E-state index contributed by atoms with van der Waals surface area (Å²) >= 11 is 5.72. The summed E-state index contributed by atoms with van der Waals surface area (Å²) in [4.78, 5) is 8.63. The smallest absolute Gasteiger partial charge is 0.225 e. The number of benzene rings is 1. The minimum absolute atomic E-state index is 0.0432. The van der Waals surface area contributed by atoms with Crippen molar-refractivity contribution in [1.82, 2.24) is 34.7 Å². The van der Waals surface area contributed by atoms with Gasteiger partial charge in [-0.25, -0.2) is 9.37 Å². The molecule has 0 saturated heterocycles. The van der Waals surface area contributed by atoms with Crippen molar-refractivity contribution in [3.05, 3.63) is 53.2 Å². The van der Waals surface area contributed by atoms with Crippen LogP contribution in [-0.2, 0) is 13.6 Å². The first-order chi connectivity index (χ1) is 12.1. The van der Waals surface area contributed by atoms with Gasteiger partial charge in [0.2, 0.25) is 5.95 Å². The average molecular weight is 359 g/mol. The fraction of sp³-hybridized carbons (Fsp3) is 0.133. The molecular formula is C15H12ClFN8. The van der Waals surface area contributed by atoms with E-state index in [9.17, 15) is 4.39 Å². The number of nitrogens with zero attached hydrogens (tertiary/aromatic N) is 7. The zero-order valence-electron chi connectivity index (χ0n) is 13.1. The van der Waals surface area contributed by atoms with Gasteiger partial charge in [-0.2, -0.15) is 14.8 Å². The van der Waals surface area contributed by atoms with Crippen molar-refractivity contribution < 1.29 is 4.39 Å². The Morgan fingerprint density at radius 1 is 1.28 bits per heavy atom. The second-order valence-corrected chi connectivity index (χ2v) is 5.79. The Labute approximate surface area is 146 Å². The van der Waals surface area contributed by atoms with Crippen molar-refractivity contribution >= 4 is 28.7 Å². The molecule has 0 amide bonds. The molecule has 0 unspecified atom stereocenters. The summed E-state index contributed by atoms with van der Waals surface area (Å²) in [6, 6.07) is 4.38. The molecule has 4 aromatic rings. The van der Waals surface area contributed by atoms with Gasteiger partial charge < -0.3 is 5.32 Å². The molecule has 25 heavy (non-hydrogen) atoms. The first-order valence-corrected chi connectivity index (χ1v) is 7.73. The van der Waals surface area contributed by atoms with Crippen LogP contribution < -0.4 is 5.32 Å². The summed E-state index contributed by atoms with van der Waals surface area (Å²) in [5.74, 6) is -0.124. The molecule has 0 aliphatic heterocycles. The van der Waals surface area contributed by atoms with Crippen LogP contribution >= 0.6 is 11.6 Å². The monoisotopic (exact) mass is 358 g/mol. The zero-order chi connectivity index (χ0) is 17.4. The summed E-state index contributed by atoms with van der Waals surface area (Å²) in [5, 5.41) is 15.3. The van der Waals surface area contributed by atoms with Crippen molar-refractivity contribution in [2.75, 3.05) is 5.32 Å². The van der Waals surface area contributed by atoms with Crippen LogP contribution in [0.3, 0.4) is 0 Å². The van der Waals surface area contributed by atoms with Gasteiger partial charge in [-0.05, 0) is 12.1 Å². The molecular weight excluding hydrogens is 347 g/mol. The molecule has 0 spiro atoms. The second-order valence-electron chi connectivity index (χ2n) is 5.38. The highest BCUT2D eigenvalue weighted by molar-refractivity contribution is 6.30. The molecule has 0 bridgehead atoms. The number of hydrogen-bond acceptors (Lipinski definition) is 6. The highest BCUT2D eigenvalue weighted by Gasteiger charge is 2.12. The lowest BCUT2D eigenvalue weighted by molar-refractivity contribution is 0.625. The molecule has 3 heterocycles. The molecule has 8 nitrogen and oxygen atoms in total.